The van der Waals surface area contributed by atoms with Crippen LogP contribution in [-0.4, -0.2) is 28.7 Å². The van der Waals surface area contributed by atoms with Gasteiger partial charge in [-0.15, -0.1) is 0 Å². The molecule has 0 radical (unpaired) electrons. The molecular formula is C17H15F3N4O2S2. The van der Waals surface area contributed by atoms with E-state index in [2.05, 4.69) is 14.8 Å². The highest BCUT2D eigenvalue weighted by atomic mass is 32.2. The Hall–Kier alpha value is -2.37. The van der Waals surface area contributed by atoms with Crippen LogP contribution in [0.3, 0.4) is 0 Å². The van der Waals surface area contributed by atoms with Crippen molar-refractivity contribution in [3.05, 3.63) is 72.8 Å². The molecule has 0 spiro atoms. The zero-order valence-electron chi connectivity index (χ0n) is 14.2. The first-order valence-corrected chi connectivity index (χ1v) is 10.3. The van der Waals surface area contributed by atoms with Crippen LogP contribution in [-0.2, 0) is 16.6 Å². The topological polar surface area (TPSA) is 76.9 Å². The van der Waals surface area contributed by atoms with Crippen molar-refractivity contribution in [2.45, 2.75) is 27.9 Å². The van der Waals surface area contributed by atoms with Crippen LogP contribution in [0.2, 0.25) is 0 Å². The van der Waals surface area contributed by atoms with Gasteiger partial charge in [-0.2, -0.15) is 18.3 Å². The first-order chi connectivity index (χ1) is 13.2. The molecule has 0 amide bonds. The van der Waals surface area contributed by atoms with Gasteiger partial charge in [-0.3, -0.25) is 4.68 Å². The monoisotopic (exact) mass is 428 g/mol. The minimum Gasteiger partial charge on any atom is -0.251 e. The summed E-state index contributed by atoms with van der Waals surface area (Å²) >= 11 is -0.300. The molecule has 1 N–H and O–H groups in total. The van der Waals surface area contributed by atoms with E-state index in [9.17, 15) is 21.6 Å². The van der Waals surface area contributed by atoms with Gasteiger partial charge in [0.05, 0.1) is 17.5 Å². The third kappa shape index (κ3) is 5.57. The Labute approximate surface area is 163 Å². The molecule has 0 fully saturated rings. The predicted molar refractivity (Wildman–Crippen MR) is 97.9 cm³/mol. The van der Waals surface area contributed by atoms with Crippen LogP contribution in [0.15, 0.2) is 77.0 Å². The molecule has 11 heteroatoms. The van der Waals surface area contributed by atoms with E-state index in [-0.39, 0.29) is 28.1 Å². The molecule has 1 heterocycles. The highest BCUT2D eigenvalue weighted by Crippen LogP contribution is 2.37. The van der Waals surface area contributed by atoms with Gasteiger partial charge in [0.2, 0.25) is 10.0 Å². The molecule has 1 aromatic heterocycles. The Kier molecular flexibility index (Phi) is 6.06. The molecule has 6 nitrogen and oxygen atoms in total. The van der Waals surface area contributed by atoms with E-state index in [1.54, 1.807) is 24.3 Å². The molecule has 0 bridgehead atoms. The zero-order valence-corrected chi connectivity index (χ0v) is 15.9. The van der Waals surface area contributed by atoms with Gasteiger partial charge in [-0.1, -0.05) is 30.3 Å². The number of alkyl halides is 3. The number of hydrogen-bond acceptors (Lipinski definition) is 5. The first kappa shape index (κ1) is 20.4. The quantitative estimate of drug-likeness (QED) is 0.582. The average Bonchev–Trinajstić information content (AvgIpc) is 3.14. The summed E-state index contributed by atoms with van der Waals surface area (Å²) in [6, 6.07) is 12.8. The molecule has 3 aromatic rings. The van der Waals surface area contributed by atoms with E-state index in [4.69, 9.17) is 0 Å². The molecule has 0 aliphatic carbocycles. The standard InChI is InChI=1S/C17H15F3N4O2S2/c18-17(19,20)27-14-6-8-15(9-7-14)28(25,26)23-16(10-24-12-21-11-22-24)13-4-2-1-3-5-13/h1-9,11-12,16,23H,10H2. The molecule has 2 aromatic carbocycles. The Morgan fingerprint density at radius 1 is 1.07 bits per heavy atom. The summed E-state index contributed by atoms with van der Waals surface area (Å²) in [4.78, 5) is 3.63. The van der Waals surface area contributed by atoms with Crippen molar-refractivity contribution in [1.82, 2.24) is 19.5 Å². The number of hydrogen-bond donors (Lipinski definition) is 1. The molecule has 3 rings (SSSR count). The van der Waals surface area contributed by atoms with Crippen LogP contribution >= 0.6 is 11.8 Å². The summed E-state index contributed by atoms with van der Waals surface area (Å²) in [5.74, 6) is 0. The molecule has 0 aliphatic rings. The first-order valence-electron chi connectivity index (χ1n) is 7.98. The van der Waals surface area contributed by atoms with Crippen molar-refractivity contribution < 1.29 is 21.6 Å². The largest absolute Gasteiger partial charge is 0.446 e. The van der Waals surface area contributed by atoms with Crippen molar-refractivity contribution in [1.29, 1.82) is 0 Å². The van der Waals surface area contributed by atoms with Crippen LogP contribution in [0, 0.1) is 0 Å². The van der Waals surface area contributed by atoms with Gasteiger partial charge in [0, 0.05) is 4.90 Å². The smallest absolute Gasteiger partial charge is 0.251 e. The van der Waals surface area contributed by atoms with E-state index in [1.807, 2.05) is 6.07 Å². The second-order valence-corrected chi connectivity index (χ2v) is 8.57. The lowest BCUT2D eigenvalue weighted by Crippen LogP contribution is -2.31. The Morgan fingerprint density at radius 2 is 1.75 bits per heavy atom. The van der Waals surface area contributed by atoms with Crippen molar-refractivity contribution >= 4 is 21.8 Å². The molecule has 1 atom stereocenters. The van der Waals surface area contributed by atoms with E-state index in [0.717, 1.165) is 24.3 Å². The van der Waals surface area contributed by atoms with Gasteiger partial charge in [-0.05, 0) is 41.6 Å². The number of benzene rings is 2. The number of aromatic nitrogens is 3. The lowest BCUT2D eigenvalue weighted by atomic mass is 10.1. The summed E-state index contributed by atoms with van der Waals surface area (Å²) in [7, 11) is -3.97. The fraction of sp³-hybridized carbons (Fsp3) is 0.176. The number of nitrogens with one attached hydrogen (secondary N) is 1. The van der Waals surface area contributed by atoms with Gasteiger partial charge in [-0.25, -0.2) is 18.1 Å². The number of thioether (sulfide) groups is 1. The maximum atomic E-state index is 12.8. The summed E-state index contributed by atoms with van der Waals surface area (Å²) in [5.41, 5.74) is -3.72. The SMILES string of the molecule is O=S(=O)(NC(Cn1cncn1)c1ccccc1)c1ccc(SC(F)(F)F)cc1. The lowest BCUT2D eigenvalue weighted by molar-refractivity contribution is -0.0328. The van der Waals surface area contributed by atoms with Gasteiger partial charge in [0.25, 0.3) is 0 Å². The van der Waals surface area contributed by atoms with E-state index >= 15 is 0 Å². The molecular weight excluding hydrogens is 413 g/mol. The molecule has 0 saturated carbocycles. The summed E-state index contributed by atoms with van der Waals surface area (Å²) in [6.07, 6.45) is 2.81. The second-order valence-electron chi connectivity index (χ2n) is 5.72. The van der Waals surface area contributed by atoms with E-state index in [0.29, 0.717) is 5.56 Å². The van der Waals surface area contributed by atoms with Gasteiger partial charge < -0.3 is 0 Å². The summed E-state index contributed by atoms with van der Waals surface area (Å²) in [6.45, 7) is 0.200. The molecule has 0 aliphatic heterocycles. The molecule has 28 heavy (non-hydrogen) atoms. The minimum atomic E-state index is -4.44. The number of nitrogens with zero attached hydrogens (tertiary/aromatic N) is 3. The predicted octanol–water partition coefficient (Wildman–Crippen LogP) is 3.61. The fourth-order valence-corrected chi connectivity index (χ4v) is 4.24. The van der Waals surface area contributed by atoms with E-state index < -0.39 is 21.6 Å². The third-order valence-electron chi connectivity index (χ3n) is 3.70. The number of sulfonamides is 1. The fourth-order valence-electron chi connectivity index (χ4n) is 2.49. The highest BCUT2D eigenvalue weighted by molar-refractivity contribution is 8.00. The maximum absolute atomic E-state index is 12.8. The van der Waals surface area contributed by atoms with Crippen molar-refractivity contribution in [2.24, 2.45) is 0 Å². The number of rotatable bonds is 7. The highest BCUT2D eigenvalue weighted by Gasteiger charge is 2.29. The lowest BCUT2D eigenvalue weighted by Gasteiger charge is -2.19. The van der Waals surface area contributed by atoms with Crippen LogP contribution < -0.4 is 4.72 Å². The molecule has 1 unspecified atom stereocenters. The normalized spacial score (nSPS) is 13.4. The van der Waals surface area contributed by atoms with Crippen molar-refractivity contribution in [3.8, 4) is 0 Å². The minimum absolute atomic E-state index is 0.0892. The van der Waals surface area contributed by atoms with Crippen LogP contribution in [0.5, 0.6) is 0 Å². The molecule has 0 saturated heterocycles. The average molecular weight is 428 g/mol. The summed E-state index contributed by atoms with van der Waals surface area (Å²) in [5, 5.41) is 3.99. The van der Waals surface area contributed by atoms with Crippen molar-refractivity contribution in [3.63, 3.8) is 0 Å². The number of halogens is 3. The van der Waals surface area contributed by atoms with Crippen LogP contribution in [0.25, 0.3) is 0 Å². The third-order valence-corrected chi connectivity index (χ3v) is 5.93. The van der Waals surface area contributed by atoms with Gasteiger partial charge in [0.15, 0.2) is 0 Å². The Bertz CT molecular complexity index is 993. The molecule has 148 valence electrons. The Balaban J connectivity index is 1.82. The van der Waals surface area contributed by atoms with Crippen LogP contribution in [0.1, 0.15) is 11.6 Å². The second kappa shape index (κ2) is 8.33. The van der Waals surface area contributed by atoms with Gasteiger partial charge in [0.1, 0.15) is 12.7 Å². The van der Waals surface area contributed by atoms with Crippen LogP contribution in [0.4, 0.5) is 13.2 Å². The Morgan fingerprint density at radius 3 is 2.32 bits per heavy atom. The summed E-state index contributed by atoms with van der Waals surface area (Å²) < 4.78 is 66.9. The van der Waals surface area contributed by atoms with E-state index in [1.165, 1.54) is 17.3 Å². The zero-order chi connectivity index (χ0) is 20.2. The van der Waals surface area contributed by atoms with Crippen molar-refractivity contribution in [2.75, 3.05) is 0 Å². The maximum Gasteiger partial charge on any atom is 0.446 e. The van der Waals surface area contributed by atoms with Gasteiger partial charge >= 0.3 is 5.51 Å².